The maximum Gasteiger partial charge on any atom is 0.267 e. The van der Waals surface area contributed by atoms with E-state index in [2.05, 4.69) is 22.1 Å². The second-order valence-corrected chi connectivity index (χ2v) is 5.66. The summed E-state index contributed by atoms with van der Waals surface area (Å²) in [6.07, 6.45) is 1.52. The van der Waals surface area contributed by atoms with Gasteiger partial charge in [-0.05, 0) is 11.6 Å². The Balaban J connectivity index is 1.51. The zero-order valence-corrected chi connectivity index (χ0v) is 13.0. The van der Waals surface area contributed by atoms with Gasteiger partial charge in [-0.25, -0.2) is 4.68 Å². The zero-order chi connectivity index (χ0) is 16.1. The van der Waals surface area contributed by atoms with Crippen molar-refractivity contribution in [1.82, 2.24) is 19.6 Å². The van der Waals surface area contributed by atoms with Crippen LogP contribution in [0.3, 0.4) is 0 Å². The highest BCUT2D eigenvalue weighted by Crippen LogP contribution is 2.08. The summed E-state index contributed by atoms with van der Waals surface area (Å²) in [6, 6.07) is 13.3. The molecular weight excluding hydrogens is 292 g/mol. The molecule has 1 aliphatic heterocycles. The third kappa shape index (κ3) is 4.04. The van der Waals surface area contributed by atoms with Crippen molar-refractivity contribution in [3.05, 3.63) is 64.6 Å². The molecule has 1 amide bonds. The number of hydrogen-bond donors (Lipinski definition) is 0. The summed E-state index contributed by atoms with van der Waals surface area (Å²) in [5.41, 5.74) is 1.04. The van der Waals surface area contributed by atoms with E-state index in [-0.39, 0.29) is 18.0 Å². The zero-order valence-electron chi connectivity index (χ0n) is 13.0. The molecule has 1 fully saturated rings. The minimum Gasteiger partial charge on any atom is -0.339 e. The molecule has 0 bridgehead atoms. The van der Waals surface area contributed by atoms with Gasteiger partial charge in [0.05, 0.1) is 0 Å². The van der Waals surface area contributed by atoms with Crippen LogP contribution in [0, 0.1) is 0 Å². The van der Waals surface area contributed by atoms with Gasteiger partial charge in [-0.3, -0.25) is 14.5 Å². The number of amides is 1. The largest absolute Gasteiger partial charge is 0.339 e. The third-order valence-corrected chi connectivity index (χ3v) is 4.04. The molecule has 1 aromatic heterocycles. The van der Waals surface area contributed by atoms with Crippen LogP contribution in [0.25, 0.3) is 0 Å². The molecule has 0 aliphatic carbocycles. The number of carbonyl (C=O) groups excluding carboxylic acids is 1. The van der Waals surface area contributed by atoms with Crippen LogP contribution >= 0.6 is 0 Å². The lowest BCUT2D eigenvalue weighted by Crippen LogP contribution is -2.49. The van der Waals surface area contributed by atoms with E-state index in [4.69, 9.17) is 0 Å². The lowest BCUT2D eigenvalue weighted by Gasteiger charge is -2.34. The second kappa shape index (κ2) is 7.19. The average molecular weight is 312 g/mol. The molecule has 1 aromatic carbocycles. The molecule has 1 saturated heterocycles. The van der Waals surface area contributed by atoms with Crippen molar-refractivity contribution in [1.29, 1.82) is 0 Å². The molecule has 0 saturated carbocycles. The van der Waals surface area contributed by atoms with Gasteiger partial charge in [0, 0.05) is 45.0 Å². The molecule has 3 rings (SSSR count). The summed E-state index contributed by atoms with van der Waals surface area (Å²) in [7, 11) is 0. The number of nitrogens with zero attached hydrogens (tertiary/aromatic N) is 4. The minimum absolute atomic E-state index is 0.0123. The van der Waals surface area contributed by atoms with E-state index in [1.54, 1.807) is 6.07 Å². The Morgan fingerprint density at radius 2 is 1.74 bits per heavy atom. The average Bonchev–Trinajstić information content (AvgIpc) is 2.58. The maximum atomic E-state index is 12.3. The lowest BCUT2D eigenvalue weighted by atomic mass is 10.2. The third-order valence-electron chi connectivity index (χ3n) is 4.04. The molecular formula is C17H20N4O2. The molecule has 1 aliphatic rings. The van der Waals surface area contributed by atoms with E-state index < -0.39 is 0 Å². The van der Waals surface area contributed by atoms with Gasteiger partial charge in [0.15, 0.2) is 0 Å². The highest BCUT2D eigenvalue weighted by Gasteiger charge is 2.21. The standard InChI is InChI=1S/C17H20N4O2/c22-16-7-4-8-18-21(16)14-17(23)20-11-9-19(10-12-20)13-15-5-2-1-3-6-15/h1-8H,9-14H2. The van der Waals surface area contributed by atoms with E-state index in [9.17, 15) is 9.59 Å². The van der Waals surface area contributed by atoms with Gasteiger partial charge >= 0.3 is 0 Å². The highest BCUT2D eigenvalue weighted by atomic mass is 16.2. The molecule has 2 aromatic rings. The van der Waals surface area contributed by atoms with Gasteiger partial charge in [0.25, 0.3) is 5.56 Å². The van der Waals surface area contributed by atoms with E-state index in [1.807, 2.05) is 23.1 Å². The van der Waals surface area contributed by atoms with Crippen molar-refractivity contribution in [2.75, 3.05) is 26.2 Å². The summed E-state index contributed by atoms with van der Waals surface area (Å²) >= 11 is 0. The molecule has 120 valence electrons. The topological polar surface area (TPSA) is 58.4 Å². The Morgan fingerprint density at radius 3 is 2.43 bits per heavy atom. The molecule has 2 heterocycles. The van der Waals surface area contributed by atoms with Gasteiger partial charge in [-0.2, -0.15) is 5.10 Å². The second-order valence-electron chi connectivity index (χ2n) is 5.66. The van der Waals surface area contributed by atoms with Crippen molar-refractivity contribution in [2.45, 2.75) is 13.1 Å². The Morgan fingerprint density at radius 1 is 1.00 bits per heavy atom. The van der Waals surface area contributed by atoms with Crippen LogP contribution < -0.4 is 5.56 Å². The molecule has 0 unspecified atom stereocenters. The number of piperazine rings is 1. The van der Waals surface area contributed by atoms with Crippen LogP contribution in [-0.4, -0.2) is 51.7 Å². The van der Waals surface area contributed by atoms with Gasteiger partial charge in [-0.15, -0.1) is 0 Å². The smallest absolute Gasteiger partial charge is 0.267 e. The first-order chi connectivity index (χ1) is 11.2. The fourth-order valence-electron chi connectivity index (χ4n) is 2.73. The van der Waals surface area contributed by atoms with Crippen molar-refractivity contribution in [3.63, 3.8) is 0 Å². The predicted octanol–water partition coefficient (Wildman–Crippen LogP) is 0.588. The van der Waals surface area contributed by atoms with Crippen LogP contribution in [0.5, 0.6) is 0 Å². The Hall–Kier alpha value is -2.47. The van der Waals surface area contributed by atoms with Crippen LogP contribution in [0.4, 0.5) is 0 Å². The fourth-order valence-corrected chi connectivity index (χ4v) is 2.73. The first kappa shape index (κ1) is 15.4. The van der Waals surface area contributed by atoms with Crippen molar-refractivity contribution >= 4 is 5.91 Å². The SMILES string of the molecule is O=C(Cn1ncccc1=O)N1CCN(Cc2ccccc2)CC1. The lowest BCUT2D eigenvalue weighted by molar-refractivity contribution is -0.133. The van der Waals surface area contributed by atoms with Crippen molar-refractivity contribution < 1.29 is 4.79 Å². The minimum atomic E-state index is -0.247. The molecule has 23 heavy (non-hydrogen) atoms. The Bertz CT molecular complexity index is 706. The van der Waals surface area contributed by atoms with E-state index in [1.165, 1.54) is 22.5 Å². The maximum absolute atomic E-state index is 12.3. The Kier molecular flexibility index (Phi) is 4.83. The highest BCUT2D eigenvalue weighted by molar-refractivity contribution is 5.76. The fraction of sp³-hybridized carbons (Fsp3) is 0.353. The number of hydrogen-bond acceptors (Lipinski definition) is 4. The van der Waals surface area contributed by atoms with E-state index in [0.29, 0.717) is 13.1 Å². The summed E-state index contributed by atoms with van der Waals surface area (Å²) in [6.45, 7) is 3.98. The predicted molar refractivity (Wildman–Crippen MR) is 86.8 cm³/mol. The van der Waals surface area contributed by atoms with Crippen LogP contribution in [0.1, 0.15) is 5.56 Å². The van der Waals surface area contributed by atoms with Crippen LogP contribution in [0.15, 0.2) is 53.5 Å². The number of benzene rings is 1. The molecule has 0 radical (unpaired) electrons. The summed E-state index contributed by atoms with van der Waals surface area (Å²) in [4.78, 5) is 28.1. The summed E-state index contributed by atoms with van der Waals surface area (Å²) in [5.74, 6) is -0.0508. The van der Waals surface area contributed by atoms with Crippen LogP contribution in [0.2, 0.25) is 0 Å². The molecule has 0 atom stereocenters. The molecule has 0 spiro atoms. The summed E-state index contributed by atoms with van der Waals surface area (Å²) < 4.78 is 1.21. The first-order valence-corrected chi connectivity index (χ1v) is 7.78. The Labute approximate surface area is 134 Å². The molecule has 0 N–H and O–H groups in total. The normalized spacial score (nSPS) is 15.6. The summed E-state index contributed by atoms with van der Waals surface area (Å²) in [5, 5.41) is 3.93. The van der Waals surface area contributed by atoms with Crippen molar-refractivity contribution in [2.24, 2.45) is 0 Å². The van der Waals surface area contributed by atoms with Crippen molar-refractivity contribution in [3.8, 4) is 0 Å². The van der Waals surface area contributed by atoms with Gasteiger partial charge in [0.2, 0.25) is 5.91 Å². The first-order valence-electron chi connectivity index (χ1n) is 7.78. The number of rotatable bonds is 4. The quantitative estimate of drug-likeness (QED) is 0.829. The van der Waals surface area contributed by atoms with Gasteiger partial charge < -0.3 is 4.90 Å². The van der Waals surface area contributed by atoms with Gasteiger partial charge in [-0.1, -0.05) is 30.3 Å². The molecule has 6 heteroatoms. The van der Waals surface area contributed by atoms with E-state index in [0.717, 1.165) is 19.6 Å². The number of aromatic nitrogens is 2. The van der Waals surface area contributed by atoms with E-state index >= 15 is 0 Å². The van der Waals surface area contributed by atoms with Crippen LogP contribution in [-0.2, 0) is 17.9 Å². The molecule has 6 nitrogen and oxygen atoms in total. The number of carbonyl (C=O) groups is 1. The monoisotopic (exact) mass is 312 g/mol. The van der Waals surface area contributed by atoms with Gasteiger partial charge in [0.1, 0.15) is 6.54 Å².